The normalized spacial score (nSPS) is 11.4. The lowest BCUT2D eigenvalue weighted by Gasteiger charge is -2.16. The minimum Gasteiger partial charge on any atom is -0.489 e. The molecular weight excluding hydrogens is 344 g/mol. The summed E-state index contributed by atoms with van der Waals surface area (Å²) in [4.78, 5) is 0. The van der Waals surface area contributed by atoms with E-state index in [0.717, 1.165) is 35.5 Å². The van der Waals surface area contributed by atoms with Crippen LogP contribution in [0, 0.1) is 27.7 Å². The molecule has 0 aliphatic carbocycles. The second-order valence-electron chi connectivity index (χ2n) is 7.62. The Kier molecular flexibility index (Phi) is 7.92. The van der Waals surface area contributed by atoms with Crippen LogP contribution in [-0.4, -0.2) is 13.2 Å². The van der Waals surface area contributed by atoms with E-state index in [2.05, 4.69) is 78.5 Å². The Morgan fingerprint density at radius 3 is 1.64 bits per heavy atom. The molecule has 0 aromatic heterocycles. The van der Waals surface area contributed by atoms with Gasteiger partial charge in [-0.25, -0.2) is 0 Å². The number of benzene rings is 2. The van der Waals surface area contributed by atoms with Gasteiger partial charge in [0.1, 0.15) is 24.7 Å². The third kappa shape index (κ3) is 5.76. The molecule has 0 spiro atoms. The van der Waals surface area contributed by atoms with E-state index in [-0.39, 0.29) is 0 Å². The van der Waals surface area contributed by atoms with Crippen LogP contribution in [0.1, 0.15) is 47.2 Å². The molecule has 0 fully saturated rings. The number of aryl methyl sites for hydroxylation is 4. The molecule has 0 amide bonds. The monoisotopic (exact) mass is 378 g/mol. The molecule has 0 aliphatic rings. The Morgan fingerprint density at radius 2 is 1.25 bits per heavy atom. The first kappa shape index (κ1) is 21.8. The van der Waals surface area contributed by atoms with Crippen molar-refractivity contribution in [2.24, 2.45) is 0 Å². The SMILES string of the molecule is C=CCc1cc(C)c(OCCOc2c(C)cc(C/C(C)=C/C)cc2C)c(C)c1. The van der Waals surface area contributed by atoms with Gasteiger partial charge < -0.3 is 9.47 Å². The molecule has 0 unspecified atom stereocenters. The standard InChI is InChI=1S/C26H34O2/c1-8-10-23-14-19(4)25(20(5)15-23)27-11-12-28-26-21(6)16-24(17-22(26)7)13-18(3)9-2/h8-9,14-17H,1,10-13H2,2-7H3/b18-9+. The van der Waals surface area contributed by atoms with Crippen molar-refractivity contribution in [3.63, 3.8) is 0 Å². The highest BCUT2D eigenvalue weighted by molar-refractivity contribution is 5.45. The Hall–Kier alpha value is -2.48. The van der Waals surface area contributed by atoms with Gasteiger partial charge in [0.05, 0.1) is 0 Å². The fraction of sp³-hybridized carbons (Fsp3) is 0.385. The van der Waals surface area contributed by atoms with E-state index in [1.807, 2.05) is 6.08 Å². The minimum atomic E-state index is 0.529. The van der Waals surface area contributed by atoms with Crippen LogP contribution in [-0.2, 0) is 12.8 Å². The maximum absolute atomic E-state index is 6.06. The molecule has 0 aliphatic heterocycles. The van der Waals surface area contributed by atoms with Gasteiger partial charge in [0, 0.05) is 0 Å². The van der Waals surface area contributed by atoms with E-state index < -0.39 is 0 Å². The van der Waals surface area contributed by atoms with Crippen LogP contribution in [0.15, 0.2) is 48.6 Å². The molecule has 0 atom stereocenters. The zero-order valence-electron chi connectivity index (χ0n) is 18.3. The lowest BCUT2D eigenvalue weighted by atomic mass is 10.0. The van der Waals surface area contributed by atoms with Crippen LogP contribution in [0.3, 0.4) is 0 Å². The predicted octanol–water partition coefficient (Wildman–Crippen LogP) is 6.62. The van der Waals surface area contributed by atoms with E-state index in [0.29, 0.717) is 13.2 Å². The average molecular weight is 379 g/mol. The number of rotatable bonds is 9. The number of ether oxygens (including phenoxy) is 2. The summed E-state index contributed by atoms with van der Waals surface area (Å²) >= 11 is 0. The van der Waals surface area contributed by atoms with Crippen molar-refractivity contribution < 1.29 is 9.47 Å². The van der Waals surface area contributed by atoms with Gasteiger partial charge in [-0.05, 0) is 87.8 Å². The van der Waals surface area contributed by atoms with E-state index in [9.17, 15) is 0 Å². The second-order valence-corrected chi connectivity index (χ2v) is 7.62. The molecule has 0 saturated carbocycles. The molecule has 0 bridgehead atoms. The van der Waals surface area contributed by atoms with Crippen molar-refractivity contribution in [2.75, 3.05) is 13.2 Å². The highest BCUT2D eigenvalue weighted by Crippen LogP contribution is 2.27. The summed E-state index contributed by atoms with van der Waals surface area (Å²) in [6.07, 6.45) is 5.97. The topological polar surface area (TPSA) is 18.5 Å². The van der Waals surface area contributed by atoms with Gasteiger partial charge >= 0.3 is 0 Å². The molecule has 0 N–H and O–H groups in total. The van der Waals surface area contributed by atoms with Crippen LogP contribution >= 0.6 is 0 Å². The van der Waals surface area contributed by atoms with E-state index in [1.165, 1.54) is 27.8 Å². The Morgan fingerprint density at radius 1 is 0.821 bits per heavy atom. The van der Waals surface area contributed by atoms with Crippen LogP contribution in [0.25, 0.3) is 0 Å². The van der Waals surface area contributed by atoms with Crippen molar-refractivity contribution in [1.82, 2.24) is 0 Å². The van der Waals surface area contributed by atoms with Gasteiger partial charge in [-0.2, -0.15) is 0 Å². The molecule has 150 valence electrons. The molecule has 0 heterocycles. The smallest absolute Gasteiger partial charge is 0.125 e. The van der Waals surface area contributed by atoms with Crippen LogP contribution in [0.2, 0.25) is 0 Å². The summed E-state index contributed by atoms with van der Waals surface area (Å²) < 4.78 is 12.1. The third-order valence-corrected chi connectivity index (χ3v) is 4.97. The van der Waals surface area contributed by atoms with Gasteiger partial charge in [0.25, 0.3) is 0 Å². The molecule has 2 rings (SSSR count). The van der Waals surface area contributed by atoms with Crippen molar-refractivity contribution in [3.05, 3.63) is 82.0 Å². The summed E-state index contributed by atoms with van der Waals surface area (Å²) in [6.45, 7) is 17.5. The molecule has 2 aromatic carbocycles. The first-order valence-corrected chi connectivity index (χ1v) is 10.0. The second kappa shape index (κ2) is 10.2. The maximum Gasteiger partial charge on any atom is 0.125 e. The summed E-state index contributed by atoms with van der Waals surface area (Å²) in [5, 5.41) is 0. The van der Waals surface area contributed by atoms with Gasteiger partial charge in [0.2, 0.25) is 0 Å². The largest absolute Gasteiger partial charge is 0.489 e. The summed E-state index contributed by atoms with van der Waals surface area (Å²) in [6, 6.07) is 8.79. The van der Waals surface area contributed by atoms with E-state index in [4.69, 9.17) is 9.47 Å². The molecule has 2 aromatic rings. The summed E-state index contributed by atoms with van der Waals surface area (Å²) in [5.41, 5.74) is 8.67. The zero-order valence-corrected chi connectivity index (χ0v) is 18.3. The van der Waals surface area contributed by atoms with Crippen molar-refractivity contribution in [1.29, 1.82) is 0 Å². The molecule has 28 heavy (non-hydrogen) atoms. The Labute approximate surface area is 170 Å². The highest BCUT2D eigenvalue weighted by atomic mass is 16.5. The molecular formula is C26H34O2. The Balaban J connectivity index is 1.98. The molecule has 2 nitrogen and oxygen atoms in total. The first-order chi connectivity index (χ1) is 13.3. The number of hydrogen-bond donors (Lipinski definition) is 0. The lowest BCUT2D eigenvalue weighted by Crippen LogP contribution is -2.12. The van der Waals surface area contributed by atoms with Crippen molar-refractivity contribution in [3.8, 4) is 11.5 Å². The minimum absolute atomic E-state index is 0.529. The molecule has 2 heteroatoms. The zero-order chi connectivity index (χ0) is 20.7. The van der Waals surface area contributed by atoms with Gasteiger partial charge in [-0.3, -0.25) is 0 Å². The van der Waals surface area contributed by atoms with Gasteiger partial charge in [-0.1, -0.05) is 42.0 Å². The summed E-state index contributed by atoms with van der Waals surface area (Å²) in [5.74, 6) is 1.93. The number of hydrogen-bond acceptors (Lipinski definition) is 2. The van der Waals surface area contributed by atoms with Crippen LogP contribution < -0.4 is 9.47 Å². The van der Waals surface area contributed by atoms with E-state index in [1.54, 1.807) is 0 Å². The quantitative estimate of drug-likeness (QED) is 0.361. The fourth-order valence-electron chi connectivity index (χ4n) is 3.63. The maximum atomic E-state index is 6.06. The first-order valence-electron chi connectivity index (χ1n) is 10.0. The Bertz CT molecular complexity index is 813. The summed E-state index contributed by atoms with van der Waals surface area (Å²) in [7, 11) is 0. The molecule has 0 saturated heterocycles. The highest BCUT2D eigenvalue weighted by Gasteiger charge is 2.09. The number of allylic oxidation sites excluding steroid dienone is 3. The fourth-order valence-corrected chi connectivity index (χ4v) is 3.63. The lowest BCUT2D eigenvalue weighted by molar-refractivity contribution is 0.214. The van der Waals surface area contributed by atoms with Crippen LogP contribution in [0.5, 0.6) is 11.5 Å². The van der Waals surface area contributed by atoms with Crippen molar-refractivity contribution in [2.45, 2.75) is 54.4 Å². The molecule has 0 radical (unpaired) electrons. The third-order valence-electron chi connectivity index (χ3n) is 4.97. The van der Waals surface area contributed by atoms with Crippen LogP contribution in [0.4, 0.5) is 0 Å². The average Bonchev–Trinajstić information content (AvgIpc) is 2.62. The van der Waals surface area contributed by atoms with Gasteiger partial charge in [-0.15, -0.1) is 6.58 Å². The predicted molar refractivity (Wildman–Crippen MR) is 120 cm³/mol. The van der Waals surface area contributed by atoms with Crippen molar-refractivity contribution >= 4 is 0 Å². The van der Waals surface area contributed by atoms with Gasteiger partial charge in [0.15, 0.2) is 0 Å². The van der Waals surface area contributed by atoms with E-state index >= 15 is 0 Å².